The van der Waals surface area contributed by atoms with E-state index >= 15 is 0 Å². The van der Waals surface area contributed by atoms with Crippen LogP contribution in [0.25, 0.3) is 0 Å². The highest BCUT2D eigenvalue weighted by molar-refractivity contribution is 9.10. The molecule has 2 heterocycles. The fraction of sp³-hybridized carbons (Fsp3) is 0.786. The van der Waals surface area contributed by atoms with Gasteiger partial charge in [0.05, 0.1) is 21.5 Å². The molecule has 114 valence electrons. The highest BCUT2D eigenvalue weighted by Crippen LogP contribution is 2.25. The Morgan fingerprint density at radius 2 is 2.10 bits per heavy atom. The van der Waals surface area contributed by atoms with Crippen molar-refractivity contribution in [1.29, 1.82) is 0 Å². The van der Waals surface area contributed by atoms with Crippen LogP contribution in [0.2, 0.25) is 0 Å². The van der Waals surface area contributed by atoms with Crippen molar-refractivity contribution in [2.45, 2.75) is 38.3 Å². The summed E-state index contributed by atoms with van der Waals surface area (Å²) in [7, 11) is 4.01. The molecule has 1 aromatic heterocycles. The minimum atomic E-state index is -0.619. The van der Waals surface area contributed by atoms with Crippen molar-refractivity contribution in [2.75, 3.05) is 26.8 Å². The van der Waals surface area contributed by atoms with Crippen molar-refractivity contribution in [2.24, 2.45) is 7.05 Å². The third kappa shape index (κ3) is 3.61. The Bertz CT molecular complexity index is 456. The molecule has 0 amide bonds. The lowest BCUT2D eigenvalue weighted by Crippen LogP contribution is -2.45. The summed E-state index contributed by atoms with van der Waals surface area (Å²) in [5.74, 6) is 0. The van der Waals surface area contributed by atoms with E-state index in [1.807, 2.05) is 18.8 Å². The number of aliphatic hydroxyl groups is 1. The number of ether oxygens (including phenoxy) is 1. The quantitative estimate of drug-likeness (QED) is 0.882. The van der Waals surface area contributed by atoms with E-state index in [1.54, 1.807) is 0 Å². The zero-order valence-corrected chi connectivity index (χ0v) is 14.1. The van der Waals surface area contributed by atoms with Gasteiger partial charge in [0.1, 0.15) is 0 Å². The van der Waals surface area contributed by atoms with Crippen molar-refractivity contribution in [3.8, 4) is 0 Å². The third-order valence-electron chi connectivity index (χ3n) is 3.91. The zero-order valence-electron chi connectivity index (χ0n) is 12.5. The molecule has 0 radical (unpaired) electrons. The standard InChI is InChI=1S/C14H24BrN3O2/c1-4-11-13(15)12(18(3)16-11)9-17(2)10-14(19)5-7-20-8-6-14/h19H,4-10H2,1-3H3. The van der Waals surface area contributed by atoms with E-state index in [2.05, 4.69) is 32.9 Å². The molecule has 1 fully saturated rings. The van der Waals surface area contributed by atoms with Crippen LogP contribution in [0.3, 0.4) is 0 Å². The van der Waals surface area contributed by atoms with Gasteiger partial charge in [0.15, 0.2) is 0 Å². The van der Waals surface area contributed by atoms with Gasteiger partial charge in [-0.25, -0.2) is 0 Å². The first kappa shape index (κ1) is 15.9. The Kier molecular flexibility index (Phi) is 5.23. The van der Waals surface area contributed by atoms with Crippen molar-refractivity contribution in [3.05, 3.63) is 15.9 Å². The topological polar surface area (TPSA) is 50.5 Å². The van der Waals surface area contributed by atoms with Gasteiger partial charge in [-0.2, -0.15) is 5.10 Å². The van der Waals surface area contributed by atoms with Crippen LogP contribution < -0.4 is 0 Å². The Labute approximate surface area is 129 Å². The average molecular weight is 346 g/mol. The molecule has 0 atom stereocenters. The van der Waals surface area contributed by atoms with Crippen molar-refractivity contribution in [1.82, 2.24) is 14.7 Å². The SMILES string of the molecule is CCc1nn(C)c(CN(C)CC2(O)CCOCC2)c1Br. The molecular weight excluding hydrogens is 322 g/mol. The summed E-state index contributed by atoms with van der Waals surface area (Å²) in [5, 5.41) is 15.1. The molecule has 5 nitrogen and oxygen atoms in total. The van der Waals surface area contributed by atoms with E-state index in [4.69, 9.17) is 4.74 Å². The number of halogens is 1. The van der Waals surface area contributed by atoms with Gasteiger partial charge in [-0.3, -0.25) is 9.58 Å². The third-order valence-corrected chi connectivity index (χ3v) is 4.83. The van der Waals surface area contributed by atoms with Crippen LogP contribution in [0, 0.1) is 0 Å². The van der Waals surface area contributed by atoms with Crippen LogP contribution in [0.15, 0.2) is 4.47 Å². The first-order valence-corrected chi connectivity index (χ1v) is 7.93. The second-order valence-corrected chi connectivity index (χ2v) is 6.49. The average Bonchev–Trinajstić information content (AvgIpc) is 2.66. The second-order valence-electron chi connectivity index (χ2n) is 5.69. The Morgan fingerprint density at radius 1 is 1.45 bits per heavy atom. The molecule has 2 rings (SSSR count). The maximum absolute atomic E-state index is 10.6. The Balaban J connectivity index is 2.00. The maximum Gasteiger partial charge on any atom is 0.0817 e. The van der Waals surface area contributed by atoms with Crippen molar-refractivity contribution in [3.63, 3.8) is 0 Å². The molecule has 0 saturated carbocycles. The molecule has 1 aliphatic heterocycles. The molecule has 1 aliphatic rings. The van der Waals surface area contributed by atoms with E-state index < -0.39 is 5.60 Å². The number of hydrogen-bond donors (Lipinski definition) is 1. The van der Waals surface area contributed by atoms with E-state index in [9.17, 15) is 5.11 Å². The molecule has 0 unspecified atom stereocenters. The predicted octanol–water partition coefficient (Wildman–Crippen LogP) is 1.72. The van der Waals surface area contributed by atoms with Crippen LogP contribution >= 0.6 is 15.9 Å². The molecule has 0 aliphatic carbocycles. The van der Waals surface area contributed by atoms with Crippen LogP contribution in [-0.2, 0) is 24.8 Å². The number of rotatable bonds is 5. The van der Waals surface area contributed by atoms with Gasteiger partial charge in [-0.1, -0.05) is 6.92 Å². The lowest BCUT2D eigenvalue weighted by molar-refractivity contribution is -0.0779. The van der Waals surface area contributed by atoms with Gasteiger partial charge >= 0.3 is 0 Å². The second kappa shape index (κ2) is 6.56. The van der Waals surface area contributed by atoms with Gasteiger partial charge < -0.3 is 9.84 Å². The zero-order chi connectivity index (χ0) is 14.8. The van der Waals surface area contributed by atoms with Crippen molar-refractivity contribution < 1.29 is 9.84 Å². The van der Waals surface area contributed by atoms with E-state index in [-0.39, 0.29) is 0 Å². The summed E-state index contributed by atoms with van der Waals surface area (Å²) < 4.78 is 8.34. The minimum Gasteiger partial charge on any atom is -0.388 e. The largest absolute Gasteiger partial charge is 0.388 e. The number of hydrogen-bond acceptors (Lipinski definition) is 4. The number of aryl methyl sites for hydroxylation is 2. The minimum absolute atomic E-state index is 0.619. The highest BCUT2D eigenvalue weighted by Gasteiger charge is 2.31. The van der Waals surface area contributed by atoms with Crippen LogP contribution in [-0.4, -0.2) is 52.2 Å². The Morgan fingerprint density at radius 3 is 2.65 bits per heavy atom. The van der Waals surface area contributed by atoms with Gasteiger partial charge in [0, 0.05) is 46.2 Å². The Hall–Kier alpha value is -0.430. The normalized spacial score (nSPS) is 18.7. The monoisotopic (exact) mass is 345 g/mol. The van der Waals surface area contributed by atoms with Gasteiger partial charge in [0.25, 0.3) is 0 Å². The number of nitrogens with zero attached hydrogens (tertiary/aromatic N) is 3. The first-order valence-electron chi connectivity index (χ1n) is 7.14. The van der Waals surface area contributed by atoms with Gasteiger partial charge in [0.2, 0.25) is 0 Å². The van der Waals surface area contributed by atoms with Crippen LogP contribution in [0.5, 0.6) is 0 Å². The summed E-state index contributed by atoms with van der Waals surface area (Å²) in [5.41, 5.74) is 1.62. The van der Waals surface area contributed by atoms with Gasteiger partial charge in [-0.15, -0.1) is 0 Å². The fourth-order valence-corrected chi connectivity index (χ4v) is 3.46. The van der Waals surface area contributed by atoms with E-state index in [0.29, 0.717) is 32.6 Å². The fourth-order valence-electron chi connectivity index (χ4n) is 2.72. The van der Waals surface area contributed by atoms with E-state index in [0.717, 1.165) is 28.8 Å². The number of likely N-dealkylation sites (N-methyl/N-ethyl adjacent to an activating group) is 1. The lowest BCUT2D eigenvalue weighted by Gasteiger charge is -2.35. The smallest absolute Gasteiger partial charge is 0.0817 e. The van der Waals surface area contributed by atoms with Gasteiger partial charge in [-0.05, 0) is 29.4 Å². The first-order chi connectivity index (χ1) is 9.45. The number of aromatic nitrogens is 2. The molecule has 0 aromatic carbocycles. The van der Waals surface area contributed by atoms with Crippen LogP contribution in [0.1, 0.15) is 31.2 Å². The summed E-state index contributed by atoms with van der Waals surface area (Å²) >= 11 is 3.64. The highest BCUT2D eigenvalue weighted by atomic mass is 79.9. The summed E-state index contributed by atoms with van der Waals surface area (Å²) in [6, 6.07) is 0. The molecule has 1 N–H and O–H groups in total. The molecule has 20 heavy (non-hydrogen) atoms. The molecular formula is C14H24BrN3O2. The molecule has 1 saturated heterocycles. The molecule has 6 heteroatoms. The predicted molar refractivity (Wildman–Crippen MR) is 81.6 cm³/mol. The molecule has 0 bridgehead atoms. The molecule has 0 spiro atoms. The van der Waals surface area contributed by atoms with E-state index in [1.165, 1.54) is 0 Å². The lowest BCUT2D eigenvalue weighted by atomic mass is 9.94. The van der Waals surface area contributed by atoms with Crippen molar-refractivity contribution >= 4 is 15.9 Å². The summed E-state index contributed by atoms with van der Waals surface area (Å²) in [6.45, 7) is 4.84. The maximum atomic E-state index is 10.6. The molecule has 1 aromatic rings. The summed E-state index contributed by atoms with van der Waals surface area (Å²) in [6.07, 6.45) is 2.34. The summed E-state index contributed by atoms with van der Waals surface area (Å²) in [4.78, 5) is 2.16. The van der Waals surface area contributed by atoms with Crippen LogP contribution in [0.4, 0.5) is 0 Å².